The Balaban J connectivity index is 1.26. The van der Waals surface area contributed by atoms with Crippen molar-refractivity contribution in [2.45, 2.75) is 50.7 Å². The van der Waals surface area contributed by atoms with Gasteiger partial charge in [0, 0.05) is 18.1 Å². The number of fused-ring (bicyclic) bond motifs is 2. The molecule has 5 rings (SSSR count). The standard InChI is InChI=1S/C31H39Cl2N5O8/c1-4-10-40-12-14-42-16-17-43-15-13-41-11-9-37(19-21-7-5-6-8-23(21)32)27-22-18-34-38(28(22)36-30(33)35-27)29-26-25(24(20-39)44-29)45-31(2,3)46-26/h1,5-8,18,24-26,29,39H,9-17,19-20H2,2-3H3/t24-,25-,26-,29-/m1/s1. The molecule has 1 aromatic carbocycles. The zero-order valence-corrected chi connectivity index (χ0v) is 27.4. The van der Waals surface area contributed by atoms with E-state index in [4.69, 9.17) is 62.8 Å². The molecule has 0 amide bonds. The molecular formula is C31H39Cl2N5O8. The third kappa shape index (κ3) is 8.64. The van der Waals surface area contributed by atoms with Gasteiger partial charge < -0.3 is 43.2 Å². The first-order valence-corrected chi connectivity index (χ1v) is 15.8. The molecule has 1 N–H and O–H groups in total. The molecule has 0 spiro atoms. The third-order valence-electron chi connectivity index (χ3n) is 7.38. The number of nitrogens with zero attached hydrogens (tertiary/aromatic N) is 5. The Hall–Kier alpha value is -2.61. The number of rotatable bonds is 18. The Morgan fingerprint density at radius 2 is 1.65 bits per heavy atom. The molecule has 3 aromatic rings. The van der Waals surface area contributed by atoms with Gasteiger partial charge in [-0.3, -0.25) is 0 Å². The fourth-order valence-electron chi connectivity index (χ4n) is 5.37. The van der Waals surface area contributed by atoms with Gasteiger partial charge >= 0.3 is 0 Å². The highest BCUT2D eigenvalue weighted by Crippen LogP contribution is 2.44. The van der Waals surface area contributed by atoms with E-state index in [0.29, 0.717) is 81.2 Å². The maximum absolute atomic E-state index is 9.96. The molecule has 4 heterocycles. The van der Waals surface area contributed by atoms with Crippen molar-refractivity contribution in [3.8, 4) is 12.3 Å². The van der Waals surface area contributed by atoms with Crippen LogP contribution in [0.1, 0.15) is 25.6 Å². The summed E-state index contributed by atoms with van der Waals surface area (Å²) in [5.74, 6) is 2.12. The second-order valence-corrected chi connectivity index (χ2v) is 11.8. The topological polar surface area (TPSA) is 132 Å². The highest BCUT2D eigenvalue weighted by molar-refractivity contribution is 6.31. The monoisotopic (exact) mass is 679 g/mol. The number of aliphatic hydroxyl groups is 1. The Labute approximate surface area is 277 Å². The highest BCUT2D eigenvalue weighted by atomic mass is 35.5. The molecule has 2 saturated heterocycles. The molecule has 0 aliphatic carbocycles. The summed E-state index contributed by atoms with van der Waals surface area (Å²) in [4.78, 5) is 11.1. The fraction of sp³-hybridized carbons (Fsp3) is 0.581. The predicted molar refractivity (Wildman–Crippen MR) is 170 cm³/mol. The van der Waals surface area contributed by atoms with E-state index < -0.39 is 30.3 Å². The van der Waals surface area contributed by atoms with Crippen molar-refractivity contribution in [3.63, 3.8) is 0 Å². The van der Waals surface area contributed by atoms with Gasteiger partial charge in [0.1, 0.15) is 30.7 Å². The maximum Gasteiger partial charge on any atom is 0.226 e. The van der Waals surface area contributed by atoms with Gasteiger partial charge in [-0.1, -0.05) is 35.7 Å². The second kappa shape index (κ2) is 16.5. The average Bonchev–Trinajstić information content (AvgIpc) is 3.69. The van der Waals surface area contributed by atoms with Gasteiger partial charge in [-0.05, 0) is 37.1 Å². The van der Waals surface area contributed by atoms with E-state index in [-0.39, 0.29) is 18.5 Å². The van der Waals surface area contributed by atoms with Crippen LogP contribution in [-0.2, 0) is 39.7 Å². The molecule has 0 saturated carbocycles. The van der Waals surface area contributed by atoms with E-state index in [0.717, 1.165) is 5.56 Å². The number of aromatic nitrogens is 4. The molecule has 0 bridgehead atoms. The first-order valence-electron chi connectivity index (χ1n) is 15.1. The van der Waals surface area contributed by atoms with E-state index in [9.17, 15) is 5.11 Å². The van der Waals surface area contributed by atoms with Crippen LogP contribution in [0.2, 0.25) is 10.3 Å². The number of aliphatic hydroxyl groups excluding tert-OH is 1. The lowest BCUT2D eigenvalue weighted by Crippen LogP contribution is -2.31. The van der Waals surface area contributed by atoms with Crippen molar-refractivity contribution in [2.75, 3.05) is 70.9 Å². The van der Waals surface area contributed by atoms with Crippen molar-refractivity contribution < 1.29 is 38.3 Å². The van der Waals surface area contributed by atoms with Crippen LogP contribution in [0.15, 0.2) is 30.5 Å². The summed E-state index contributed by atoms with van der Waals surface area (Å²) in [6, 6.07) is 7.61. The third-order valence-corrected chi connectivity index (χ3v) is 7.92. The van der Waals surface area contributed by atoms with Gasteiger partial charge in [0.25, 0.3) is 0 Å². The molecular weight excluding hydrogens is 641 g/mol. The van der Waals surface area contributed by atoms with Crippen LogP contribution in [-0.4, -0.2) is 115 Å². The SMILES string of the molecule is C#CCOCCOCCOCCOCCN(Cc1ccccc1Cl)c1nc(Cl)nc2c1cnn2[C@@H]1O[C@H](CO)[C@H]2OC(C)(C)O[C@H]21. The van der Waals surface area contributed by atoms with Crippen LogP contribution in [0.25, 0.3) is 11.0 Å². The highest BCUT2D eigenvalue weighted by Gasteiger charge is 2.56. The summed E-state index contributed by atoms with van der Waals surface area (Å²) in [7, 11) is 0. The number of ether oxygens (including phenoxy) is 7. The summed E-state index contributed by atoms with van der Waals surface area (Å²) in [5, 5.41) is 15.9. The Morgan fingerprint density at radius 1 is 0.978 bits per heavy atom. The lowest BCUT2D eigenvalue weighted by Gasteiger charge is -2.25. The summed E-state index contributed by atoms with van der Waals surface area (Å²) < 4.78 is 42.0. The molecule has 0 unspecified atom stereocenters. The Kier molecular flexibility index (Phi) is 12.4. The number of hydrogen-bond donors (Lipinski definition) is 1. The van der Waals surface area contributed by atoms with Crippen LogP contribution >= 0.6 is 23.2 Å². The number of benzene rings is 1. The van der Waals surface area contributed by atoms with Gasteiger partial charge in [-0.2, -0.15) is 15.1 Å². The molecule has 4 atom stereocenters. The molecule has 250 valence electrons. The predicted octanol–water partition coefficient (Wildman–Crippen LogP) is 3.25. The number of anilines is 1. The van der Waals surface area contributed by atoms with Gasteiger partial charge in [0.05, 0.1) is 64.4 Å². The van der Waals surface area contributed by atoms with E-state index >= 15 is 0 Å². The van der Waals surface area contributed by atoms with Gasteiger partial charge in [0.15, 0.2) is 17.7 Å². The Bertz CT molecular complexity index is 1470. The van der Waals surface area contributed by atoms with E-state index in [1.807, 2.05) is 43.0 Å². The lowest BCUT2D eigenvalue weighted by molar-refractivity contribution is -0.201. The van der Waals surface area contributed by atoms with Gasteiger partial charge in [-0.25, -0.2) is 4.68 Å². The van der Waals surface area contributed by atoms with Crippen molar-refractivity contribution in [2.24, 2.45) is 0 Å². The first kappa shape index (κ1) is 34.7. The smallest absolute Gasteiger partial charge is 0.226 e. The minimum Gasteiger partial charge on any atom is -0.394 e. The zero-order valence-electron chi connectivity index (χ0n) is 25.8. The summed E-state index contributed by atoms with van der Waals surface area (Å²) >= 11 is 13.1. The van der Waals surface area contributed by atoms with Crippen LogP contribution in [0.3, 0.4) is 0 Å². The largest absolute Gasteiger partial charge is 0.394 e. The second-order valence-electron chi connectivity index (χ2n) is 11.1. The van der Waals surface area contributed by atoms with Crippen LogP contribution in [0.5, 0.6) is 0 Å². The first-order chi connectivity index (χ1) is 22.3. The van der Waals surface area contributed by atoms with Gasteiger partial charge in [-0.15, -0.1) is 6.42 Å². The van der Waals surface area contributed by atoms with Crippen molar-refractivity contribution >= 4 is 40.1 Å². The molecule has 2 aliphatic rings. The van der Waals surface area contributed by atoms with Crippen LogP contribution in [0.4, 0.5) is 5.82 Å². The molecule has 2 aliphatic heterocycles. The molecule has 46 heavy (non-hydrogen) atoms. The van der Waals surface area contributed by atoms with E-state index in [1.54, 1.807) is 10.9 Å². The minimum absolute atomic E-state index is 0.0322. The fourth-order valence-corrected chi connectivity index (χ4v) is 5.73. The molecule has 13 nitrogen and oxygen atoms in total. The molecule has 2 fully saturated rings. The summed E-state index contributed by atoms with van der Waals surface area (Å²) in [6.45, 7) is 7.58. The van der Waals surface area contributed by atoms with Crippen LogP contribution in [0, 0.1) is 12.3 Å². The zero-order chi connectivity index (χ0) is 32.5. The minimum atomic E-state index is -0.839. The quantitative estimate of drug-likeness (QED) is 0.120. The van der Waals surface area contributed by atoms with E-state index in [1.165, 1.54) is 0 Å². The van der Waals surface area contributed by atoms with Crippen LogP contribution < -0.4 is 4.90 Å². The van der Waals surface area contributed by atoms with Crippen molar-refractivity contribution in [3.05, 3.63) is 46.3 Å². The number of terminal acetylenes is 1. The number of hydrogen-bond acceptors (Lipinski definition) is 12. The lowest BCUT2D eigenvalue weighted by atomic mass is 10.1. The summed E-state index contributed by atoms with van der Waals surface area (Å²) in [6.07, 6.45) is 4.54. The molecule has 2 aromatic heterocycles. The molecule has 15 heteroatoms. The molecule has 0 radical (unpaired) electrons. The Morgan fingerprint density at radius 3 is 2.35 bits per heavy atom. The van der Waals surface area contributed by atoms with Crippen molar-refractivity contribution in [1.82, 2.24) is 19.7 Å². The van der Waals surface area contributed by atoms with Crippen molar-refractivity contribution in [1.29, 1.82) is 0 Å². The number of halogens is 2. The summed E-state index contributed by atoms with van der Waals surface area (Å²) in [5.41, 5.74) is 1.35. The maximum atomic E-state index is 9.96. The van der Waals surface area contributed by atoms with Gasteiger partial charge in [0.2, 0.25) is 5.28 Å². The normalized spacial score (nSPS) is 21.9. The average molecular weight is 681 g/mol. The van der Waals surface area contributed by atoms with E-state index in [2.05, 4.69) is 21.0 Å².